The molecule has 0 unspecified atom stereocenters. The van der Waals surface area contributed by atoms with E-state index < -0.39 is 0 Å². The van der Waals surface area contributed by atoms with Gasteiger partial charge in [-0.25, -0.2) is 4.98 Å². The fraction of sp³-hybridized carbons (Fsp3) is 0.200. The van der Waals surface area contributed by atoms with Gasteiger partial charge in [-0.05, 0) is 43.0 Å². The number of thiazole rings is 1. The second-order valence-corrected chi connectivity index (χ2v) is 6.67. The highest BCUT2D eigenvalue weighted by Gasteiger charge is 2.13. The number of hydrogen-bond donors (Lipinski definition) is 1. The minimum atomic E-state index is -0.0413. The summed E-state index contributed by atoms with van der Waals surface area (Å²) in [4.78, 5) is 18.3. The summed E-state index contributed by atoms with van der Waals surface area (Å²) in [7, 11) is 0. The first-order chi connectivity index (χ1) is 10.1. The molecule has 3 heterocycles. The summed E-state index contributed by atoms with van der Waals surface area (Å²) in [5.41, 5.74) is 2.04. The van der Waals surface area contributed by atoms with Gasteiger partial charge < -0.3 is 9.73 Å². The smallest absolute Gasteiger partial charge is 0.261 e. The van der Waals surface area contributed by atoms with Crippen LogP contribution in [-0.4, -0.2) is 10.9 Å². The van der Waals surface area contributed by atoms with Crippen LogP contribution in [0.5, 0.6) is 0 Å². The quantitative estimate of drug-likeness (QED) is 0.790. The lowest BCUT2D eigenvalue weighted by atomic mass is 10.3. The maximum Gasteiger partial charge on any atom is 0.261 e. The van der Waals surface area contributed by atoms with Gasteiger partial charge in [0.05, 0.1) is 23.4 Å². The molecule has 0 atom stereocenters. The zero-order valence-electron chi connectivity index (χ0n) is 11.7. The van der Waals surface area contributed by atoms with Crippen molar-refractivity contribution in [3.8, 4) is 10.8 Å². The topological polar surface area (TPSA) is 55.1 Å². The fourth-order valence-electron chi connectivity index (χ4n) is 1.90. The first-order valence-corrected chi connectivity index (χ1v) is 8.16. The molecule has 0 spiro atoms. The number of amides is 1. The van der Waals surface area contributed by atoms with Crippen molar-refractivity contribution < 1.29 is 9.21 Å². The molecule has 0 fully saturated rings. The number of furan rings is 1. The molecule has 3 rings (SSSR count). The van der Waals surface area contributed by atoms with E-state index in [2.05, 4.69) is 10.3 Å². The number of hydrogen-bond acceptors (Lipinski definition) is 5. The van der Waals surface area contributed by atoms with Gasteiger partial charge in [0.2, 0.25) is 0 Å². The number of carbonyl (C=O) groups excluding carboxylic acids is 1. The van der Waals surface area contributed by atoms with Crippen LogP contribution in [0.15, 0.2) is 34.3 Å². The van der Waals surface area contributed by atoms with E-state index in [1.54, 1.807) is 17.6 Å². The second-order valence-electron chi connectivity index (χ2n) is 4.68. The number of rotatable bonds is 4. The Morgan fingerprint density at radius 3 is 2.95 bits per heavy atom. The molecule has 0 bridgehead atoms. The zero-order chi connectivity index (χ0) is 14.8. The molecule has 0 aliphatic rings. The number of carbonyl (C=O) groups is 1. The van der Waals surface area contributed by atoms with E-state index in [9.17, 15) is 4.79 Å². The van der Waals surface area contributed by atoms with E-state index in [0.29, 0.717) is 6.54 Å². The van der Waals surface area contributed by atoms with Crippen LogP contribution in [0, 0.1) is 13.8 Å². The average Bonchev–Trinajstić information content (AvgIpc) is 3.16. The van der Waals surface area contributed by atoms with E-state index in [-0.39, 0.29) is 5.91 Å². The lowest BCUT2D eigenvalue weighted by Crippen LogP contribution is -2.21. The molecular weight excluding hydrogens is 304 g/mol. The lowest BCUT2D eigenvalue weighted by Gasteiger charge is -2.01. The van der Waals surface area contributed by atoms with Crippen molar-refractivity contribution in [2.45, 2.75) is 20.4 Å². The molecule has 108 valence electrons. The first-order valence-electron chi connectivity index (χ1n) is 6.47. The highest BCUT2D eigenvalue weighted by atomic mass is 32.1. The molecule has 0 radical (unpaired) electrons. The van der Waals surface area contributed by atoms with Crippen molar-refractivity contribution >= 4 is 28.6 Å². The molecule has 1 N–H and O–H groups in total. The maximum atomic E-state index is 12.0. The van der Waals surface area contributed by atoms with Crippen molar-refractivity contribution in [3.63, 3.8) is 0 Å². The molecule has 0 aromatic carbocycles. The highest BCUT2D eigenvalue weighted by molar-refractivity contribution is 7.15. The van der Waals surface area contributed by atoms with Crippen LogP contribution >= 0.6 is 22.7 Å². The third-order valence-corrected chi connectivity index (χ3v) is 5.21. The molecular formula is C15H14N2O2S2. The summed E-state index contributed by atoms with van der Waals surface area (Å²) in [6.07, 6.45) is 1.63. The molecule has 3 aromatic rings. The summed E-state index contributed by atoms with van der Waals surface area (Å²) >= 11 is 3.00. The Morgan fingerprint density at radius 1 is 1.43 bits per heavy atom. The molecule has 0 aliphatic heterocycles. The molecule has 3 aromatic heterocycles. The van der Waals surface area contributed by atoms with Crippen molar-refractivity contribution in [1.82, 2.24) is 10.3 Å². The summed E-state index contributed by atoms with van der Waals surface area (Å²) in [5, 5.41) is 5.75. The van der Waals surface area contributed by atoms with Gasteiger partial charge in [0, 0.05) is 4.88 Å². The van der Waals surface area contributed by atoms with Gasteiger partial charge in [0.1, 0.15) is 0 Å². The minimum absolute atomic E-state index is 0.0413. The molecule has 1 amide bonds. The predicted octanol–water partition coefficient (Wildman–Crippen LogP) is 4.01. The van der Waals surface area contributed by atoms with Crippen LogP contribution < -0.4 is 5.32 Å². The van der Waals surface area contributed by atoms with Gasteiger partial charge >= 0.3 is 0 Å². The Hall–Kier alpha value is -1.92. The third-order valence-electron chi connectivity index (χ3n) is 2.99. The van der Waals surface area contributed by atoms with Gasteiger partial charge in [0.15, 0.2) is 10.8 Å². The normalized spacial score (nSPS) is 10.8. The Labute approximate surface area is 130 Å². The van der Waals surface area contributed by atoms with Crippen molar-refractivity contribution in [1.29, 1.82) is 0 Å². The number of nitrogens with one attached hydrogen (secondary N) is 1. The van der Waals surface area contributed by atoms with Crippen LogP contribution in [0.2, 0.25) is 0 Å². The lowest BCUT2D eigenvalue weighted by molar-refractivity contribution is 0.0955. The Kier molecular flexibility index (Phi) is 3.90. The molecule has 0 aliphatic carbocycles. The van der Waals surface area contributed by atoms with Crippen molar-refractivity contribution in [3.05, 3.63) is 50.9 Å². The van der Waals surface area contributed by atoms with E-state index in [1.807, 2.05) is 37.4 Å². The van der Waals surface area contributed by atoms with Crippen LogP contribution in [0.1, 0.15) is 25.8 Å². The molecule has 6 heteroatoms. The zero-order valence-corrected chi connectivity index (χ0v) is 13.3. The van der Waals surface area contributed by atoms with E-state index in [4.69, 9.17) is 4.42 Å². The molecule has 0 saturated heterocycles. The first kappa shape index (κ1) is 14.0. The molecule has 4 nitrogen and oxygen atoms in total. The second kappa shape index (κ2) is 5.83. The van der Waals surface area contributed by atoms with Crippen LogP contribution in [0.4, 0.5) is 0 Å². The van der Waals surface area contributed by atoms with E-state index in [0.717, 1.165) is 31.8 Å². The van der Waals surface area contributed by atoms with Gasteiger partial charge in [-0.3, -0.25) is 4.79 Å². The number of nitrogens with zero attached hydrogens (tertiary/aromatic N) is 1. The van der Waals surface area contributed by atoms with Gasteiger partial charge in [-0.1, -0.05) is 0 Å². The monoisotopic (exact) mass is 318 g/mol. The standard InChI is InChI=1S/C15H14N2O2S2/c1-9-6-12(20-8-9)14(18)16-7-13-10(2)17-15(21-13)11-4-3-5-19-11/h3-6,8H,7H2,1-2H3,(H,16,18). The van der Waals surface area contributed by atoms with Crippen LogP contribution in [0.25, 0.3) is 10.8 Å². The largest absolute Gasteiger partial charge is 0.462 e. The molecule has 21 heavy (non-hydrogen) atoms. The van der Waals surface area contributed by atoms with Crippen LogP contribution in [0.3, 0.4) is 0 Å². The van der Waals surface area contributed by atoms with Crippen molar-refractivity contribution in [2.75, 3.05) is 0 Å². The third kappa shape index (κ3) is 3.06. The summed E-state index contributed by atoms with van der Waals surface area (Å²) < 4.78 is 5.35. The molecule has 0 saturated carbocycles. The number of thiophene rings is 1. The highest BCUT2D eigenvalue weighted by Crippen LogP contribution is 2.28. The maximum absolute atomic E-state index is 12.0. The SMILES string of the molecule is Cc1csc(C(=O)NCc2sc(-c3ccco3)nc2C)c1. The Morgan fingerprint density at radius 2 is 2.29 bits per heavy atom. The van der Waals surface area contributed by atoms with Gasteiger partial charge in [-0.2, -0.15) is 0 Å². The van der Waals surface area contributed by atoms with Gasteiger partial charge in [-0.15, -0.1) is 22.7 Å². The van der Waals surface area contributed by atoms with Crippen LogP contribution in [-0.2, 0) is 6.54 Å². The predicted molar refractivity (Wildman–Crippen MR) is 84.8 cm³/mol. The van der Waals surface area contributed by atoms with E-state index >= 15 is 0 Å². The van der Waals surface area contributed by atoms with Gasteiger partial charge in [0.25, 0.3) is 5.91 Å². The van der Waals surface area contributed by atoms with E-state index in [1.165, 1.54) is 11.3 Å². The number of aromatic nitrogens is 1. The minimum Gasteiger partial charge on any atom is -0.462 e. The fourth-order valence-corrected chi connectivity index (χ4v) is 3.68. The summed E-state index contributed by atoms with van der Waals surface area (Å²) in [6, 6.07) is 5.62. The Balaban J connectivity index is 1.69. The average molecular weight is 318 g/mol. The summed E-state index contributed by atoms with van der Waals surface area (Å²) in [6.45, 7) is 4.41. The van der Waals surface area contributed by atoms with Crippen molar-refractivity contribution in [2.24, 2.45) is 0 Å². The number of aryl methyl sites for hydroxylation is 2. The Bertz CT molecular complexity index is 757. The summed E-state index contributed by atoms with van der Waals surface area (Å²) in [5.74, 6) is 0.718.